The van der Waals surface area contributed by atoms with E-state index in [1.807, 2.05) is 0 Å². The molecule has 0 N–H and O–H groups in total. The van der Waals surface area contributed by atoms with E-state index in [0.29, 0.717) is 0 Å². The van der Waals surface area contributed by atoms with Crippen LogP contribution in [-0.2, 0) is 19.0 Å². The average Bonchev–Trinajstić information content (AvgIpc) is 2.64. The van der Waals surface area contributed by atoms with Crippen molar-refractivity contribution < 1.29 is 0 Å². The van der Waals surface area contributed by atoms with Gasteiger partial charge in [-0.25, -0.2) is 0 Å². The molecule has 0 saturated carbocycles. The Labute approximate surface area is 116 Å². The molecule has 0 amide bonds. The van der Waals surface area contributed by atoms with Gasteiger partial charge >= 0.3 is 0 Å². The van der Waals surface area contributed by atoms with E-state index in [2.05, 4.69) is 61.6 Å². The number of hydrogen-bond donors (Lipinski definition) is 0. The highest BCUT2D eigenvalue weighted by molar-refractivity contribution is 5.86. The van der Waals surface area contributed by atoms with Crippen LogP contribution in [0.4, 0.5) is 0 Å². The zero-order valence-electron chi connectivity index (χ0n) is 12.5. The van der Waals surface area contributed by atoms with E-state index in [1.165, 1.54) is 29.6 Å². The van der Waals surface area contributed by atoms with Gasteiger partial charge in [0.25, 0.3) is 0 Å². The molecule has 0 fully saturated rings. The van der Waals surface area contributed by atoms with Crippen molar-refractivity contribution in [2.45, 2.75) is 39.2 Å². The smallest absolute Gasteiger partial charge is 0.0483 e. The lowest BCUT2D eigenvalue weighted by Crippen LogP contribution is -2.43. The predicted octanol–water partition coefficient (Wildman–Crippen LogP) is 3.68. The Hall–Kier alpha value is -1.28. The minimum absolute atomic E-state index is 0.233. The van der Waals surface area contributed by atoms with Crippen molar-refractivity contribution in [1.82, 2.24) is 9.47 Å². The largest absolute Gasteiger partial charge is 0.347 e. The third-order valence-electron chi connectivity index (χ3n) is 4.39. The van der Waals surface area contributed by atoms with Gasteiger partial charge in [0, 0.05) is 42.1 Å². The fourth-order valence-corrected chi connectivity index (χ4v) is 3.88. The first-order chi connectivity index (χ1) is 9.04. The molecule has 0 saturated heterocycles. The first-order valence-electron chi connectivity index (χ1n) is 7.33. The molecular weight excluding hydrogens is 232 g/mol. The molecule has 0 unspecified atom stereocenters. The van der Waals surface area contributed by atoms with Gasteiger partial charge in [0.15, 0.2) is 0 Å². The monoisotopic (exact) mass is 256 g/mol. The van der Waals surface area contributed by atoms with Crippen LogP contribution in [-0.4, -0.2) is 22.6 Å². The minimum Gasteiger partial charge on any atom is -0.347 e. The molecule has 1 aromatic carbocycles. The standard InChI is InChI=1S/C17H24N2/c1-5-10-19-11-14-13-8-6-7-9-15(13)18(4)16(14)17(2,3)12-19/h6-9H,5,10-12H2,1-4H3. The van der Waals surface area contributed by atoms with Crippen LogP contribution in [0.3, 0.4) is 0 Å². The van der Waals surface area contributed by atoms with Crippen LogP contribution in [0.1, 0.15) is 38.4 Å². The van der Waals surface area contributed by atoms with Crippen molar-refractivity contribution in [1.29, 1.82) is 0 Å². The number of aromatic nitrogens is 1. The summed E-state index contributed by atoms with van der Waals surface area (Å²) in [6.07, 6.45) is 1.23. The summed E-state index contributed by atoms with van der Waals surface area (Å²) in [5.74, 6) is 0. The van der Waals surface area contributed by atoms with E-state index >= 15 is 0 Å². The SMILES string of the molecule is CCCN1Cc2c(n(C)c3ccccc23)C(C)(C)C1. The van der Waals surface area contributed by atoms with E-state index < -0.39 is 0 Å². The van der Waals surface area contributed by atoms with Gasteiger partial charge in [-0.3, -0.25) is 4.90 Å². The Kier molecular flexibility index (Phi) is 2.94. The summed E-state index contributed by atoms with van der Waals surface area (Å²) >= 11 is 0. The second-order valence-corrected chi connectivity index (χ2v) is 6.50. The maximum atomic E-state index is 2.61. The van der Waals surface area contributed by atoms with Crippen LogP contribution in [0, 0.1) is 0 Å². The highest BCUT2D eigenvalue weighted by Crippen LogP contribution is 2.38. The van der Waals surface area contributed by atoms with Crippen molar-refractivity contribution in [2.24, 2.45) is 7.05 Å². The van der Waals surface area contributed by atoms with E-state index in [1.54, 1.807) is 5.56 Å². The fraction of sp³-hybridized carbons (Fsp3) is 0.529. The van der Waals surface area contributed by atoms with E-state index in [-0.39, 0.29) is 5.41 Å². The Morgan fingerprint density at radius 1 is 1.21 bits per heavy atom. The molecule has 2 aromatic rings. The fourth-order valence-electron chi connectivity index (χ4n) is 3.88. The zero-order chi connectivity index (χ0) is 13.6. The lowest BCUT2D eigenvalue weighted by Gasteiger charge is -2.39. The molecule has 1 aromatic heterocycles. The third kappa shape index (κ3) is 1.90. The minimum atomic E-state index is 0.233. The Bertz CT molecular complexity index is 607. The average molecular weight is 256 g/mol. The van der Waals surface area contributed by atoms with Crippen LogP contribution in [0.2, 0.25) is 0 Å². The van der Waals surface area contributed by atoms with Crippen LogP contribution >= 0.6 is 0 Å². The summed E-state index contributed by atoms with van der Waals surface area (Å²) in [5.41, 5.74) is 4.68. The lowest BCUT2D eigenvalue weighted by atomic mass is 9.82. The van der Waals surface area contributed by atoms with Gasteiger partial charge in [-0.1, -0.05) is 39.0 Å². The topological polar surface area (TPSA) is 8.17 Å². The molecule has 0 spiro atoms. The molecule has 2 nitrogen and oxygen atoms in total. The van der Waals surface area contributed by atoms with Crippen molar-refractivity contribution in [3.63, 3.8) is 0 Å². The zero-order valence-corrected chi connectivity index (χ0v) is 12.5. The van der Waals surface area contributed by atoms with Gasteiger partial charge in [-0.15, -0.1) is 0 Å². The molecule has 102 valence electrons. The number of aryl methyl sites for hydroxylation is 1. The van der Waals surface area contributed by atoms with Crippen LogP contribution < -0.4 is 0 Å². The van der Waals surface area contributed by atoms with Gasteiger partial charge in [-0.05, 0) is 24.6 Å². The van der Waals surface area contributed by atoms with Crippen molar-refractivity contribution in [3.05, 3.63) is 35.5 Å². The van der Waals surface area contributed by atoms with Gasteiger partial charge in [-0.2, -0.15) is 0 Å². The summed E-state index contributed by atoms with van der Waals surface area (Å²) in [5, 5.41) is 1.44. The maximum Gasteiger partial charge on any atom is 0.0483 e. The van der Waals surface area contributed by atoms with E-state index in [4.69, 9.17) is 0 Å². The third-order valence-corrected chi connectivity index (χ3v) is 4.39. The first kappa shape index (κ1) is 12.7. The summed E-state index contributed by atoms with van der Waals surface area (Å²) in [4.78, 5) is 2.61. The second kappa shape index (κ2) is 4.38. The van der Waals surface area contributed by atoms with Gasteiger partial charge in [0.1, 0.15) is 0 Å². The molecule has 2 heterocycles. The van der Waals surface area contributed by atoms with Crippen molar-refractivity contribution in [2.75, 3.05) is 13.1 Å². The van der Waals surface area contributed by atoms with Gasteiger partial charge < -0.3 is 4.57 Å². The molecule has 3 rings (SSSR count). The highest BCUT2D eigenvalue weighted by Gasteiger charge is 2.35. The maximum absolute atomic E-state index is 2.61. The Balaban J connectivity index is 2.21. The molecule has 1 aliphatic heterocycles. The van der Waals surface area contributed by atoms with Crippen LogP contribution in [0.25, 0.3) is 10.9 Å². The number of rotatable bonds is 2. The van der Waals surface area contributed by atoms with E-state index in [9.17, 15) is 0 Å². The highest BCUT2D eigenvalue weighted by atomic mass is 15.2. The number of hydrogen-bond acceptors (Lipinski definition) is 1. The quantitative estimate of drug-likeness (QED) is 0.795. The normalized spacial score (nSPS) is 18.7. The van der Waals surface area contributed by atoms with Gasteiger partial charge in [0.05, 0.1) is 0 Å². The van der Waals surface area contributed by atoms with Gasteiger partial charge in [0.2, 0.25) is 0 Å². The Morgan fingerprint density at radius 3 is 2.68 bits per heavy atom. The molecule has 19 heavy (non-hydrogen) atoms. The van der Waals surface area contributed by atoms with E-state index in [0.717, 1.165) is 13.1 Å². The lowest BCUT2D eigenvalue weighted by molar-refractivity contribution is 0.190. The van der Waals surface area contributed by atoms with Crippen molar-refractivity contribution >= 4 is 10.9 Å². The molecule has 0 bridgehead atoms. The molecule has 0 aliphatic carbocycles. The van der Waals surface area contributed by atoms with Crippen LogP contribution in [0.15, 0.2) is 24.3 Å². The number of nitrogens with zero attached hydrogens (tertiary/aromatic N) is 2. The predicted molar refractivity (Wildman–Crippen MR) is 81.5 cm³/mol. The van der Waals surface area contributed by atoms with Crippen LogP contribution in [0.5, 0.6) is 0 Å². The first-order valence-corrected chi connectivity index (χ1v) is 7.33. The molecule has 1 aliphatic rings. The molecule has 0 radical (unpaired) electrons. The summed E-state index contributed by atoms with van der Waals surface area (Å²) in [7, 11) is 2.22. The van der Waals surface area contributed by atoms with Crippen molar-refractivity contribution in [3.8, 4) is 0 Å². The summed E-state index contributed by atoms with van der Waals surface area (Å²) in [6, 6.07) is 8.83. The molecule has 2 heteroatoms. The number of para-hydroxylation sites is 1. The summed E-state index contributed by atoms with van der Waals surface area (Å²) < 4.78 is 2.41. The summed E-state index contributed by atoms with van der Waals surface area (Å²) in [6.45, 7) is 10.5. The Morgan fingerprint density at radius 2 is 1.95 bits per heavy atom. The molecular formula is C17H24N2. The molecule has 0 atom stereocenters. The number of benzene rings is 1. The second-order valence-electron chi connectivity index (χ2n) is 6.50. The number of fused-ring (bicyclic) bond motifs is 3.